The first-order valence-electron chi connectivity index (χ1n) is 11.4. The summed E-state index contributed by atoms with van der Waals surface area (Å²) in [5.41, 5.74) is 5.32. The maximum Gasteiger partial charge on any atom is 0.180 e. The first-order chi connectivity index (χ1) is 16.7. The molecule has 0 aliphatic carbocycles. The molecule has 4 aromatic rings. The van der Waals surface area contributed by atoms with E-state index in [0.29, 0.717) is 19.0 Å². The Morgan fingerprint density at radius 2 is 2.18 bits per heavy atom. The molecule has 4 heterocycles. The van der Waals surface area contributed by atoms with Gasteiger partial charge in [0.05, 0.1) is 30.3 Å². The zero-order valence-electron chi connectivity index (χ0n) is 18.9. The van der Waals surface area contributed by atoms with Gasteiger partial charge in [0.2, 0.25) is 0 Å². The molecule has 2 aliphatic heterocycles. The molecule has 0 unspecified atom stereocenters. The van der Waals surface area contributed by atoms with E-state index in [4.69, 9.17) is 14.5 Å². The maximum atomic E-state index is 9.92. The minimum absolute atomic E-state index is 0.298. The predicted octanol–water partition coefficient (Wildman–Crippen LogP) is 3.52. The Hall–Kier alpha value is -3.98. The number of aromatic nitrogens is 3. The highest BCUT2D eigenvalue weighted by Crippen LogP contribution is 2.36. The van der Waals surface area contributed by atoms with E-state index in [1.807, 2.05) is 47.1 Å². The normalized spacial score (nSPS) is 17.2. The van der Waals surface area contributed by atoms with Gasteiger partial charge in [-0.05, 0) is 36.8 Å². The molecule has 0 amide bonds. The smallest absolute Gasteiger partial charge is 0.180 e. The number of aliphatic hydroxyl groups excluding tert-OH is 1. The molecule has 3 N–H and O–H groups in total. The lowest BCUT2D eigenvalue weighted by molar-refractivity contribution is 0.198. The fourth-order valence-electron chi connectivity index (χ4n) is 4.57. The van der Waals surface area contributed by atoms with E-state index >= 15 is 0 Å². The first-order valence-corrected chi connectivity index (χ1v) is 11.4. The topological polar surface area (TPSA) is 96.2 Å². The van der Waals surface area contributed by atoms with E-state index in [1.54, 1.807) is 13.3 Å². The molecule has 0 bridgehead atoms. The van der Waals surface area contributed by atoms with Crippen LogP contribution < -0.4 is 25.0 Å². The Labute approximate surface area is 197 Å². The number of rotatable bonds is 5. The number of benzene rings is 2. The average molecular weight is 459 g/mol. The van der Waals surface area contributed by atoms with Gasteiger partial charge in [-0.2, -0.15) is 0 Å². The molecule has 1 saturated heterocycles. The summed E-state index contributed by atoms with van der Waals surface area (Å²) in [6.07, 6.45) is 6.11. The van der Waals surface area contributed by atoms with Crippen molar-refractivity contribution in [1.29, 1.82) is 0 Å². The van der Waals surface area contributed by atoms with Gasteiger partial charge in [0.25, 0.3) is 0 Å². The maximum absolute atomic E-state index is 9.92. The lowest BCUT2D eigenvalue weighted by Crippen LogP contribution is -2.21. The van der Waals surface area contributed by atoms with Gasteiger partial charge in [0, 0.05) is 55.5 Å². The summed E-state index contributed by atoms with van der Waals surface area (Å²) in [4.78, 5) is 11.5. The van der Waals surface area contributed by atoms with Gasteiger partial charge in [-0.1, -0.05) is 0 Å². The van der Waals surface area contributed by atoms with Crippen molar-refractivity contribution in [3.8, 4) is 22.8 Å². The van der Waals surface area contributed by atoms with Crippen LogP contribution in [0, 0.1) is 0 Å². The lowest BCUT2D eigenvalue weighted by atomic mass is 10.1. The highest BCUT2D eigenvalue weighted by Gasteiger charge is 2.23. The number of nitrogens with one attached hydrogen (secondary N) is 2. The summed E-state index contributed by atoms with van der Waals surface area (Å²) in [7, 11) is 1.66. The fraction of sp³-hybridized carbons (Fsp3) is 0.280. The van der Waals surface area contributed by atoms with E-state index in [1.165, 1.54) is 0 Å². The number of hydrogen-bond donors (Lipinski definition) is 3. The third-order valence-corrected chi connectivity index (χ3v) is 6.27. The van der Waals surface area contributed by atoms with Crippen molar-refractivity contribution in [2.24, 2.45) is 0 Å². The molecule has 6 rings (SSSR count). The molecule has 0 radical (unpaired) electrons. The number of ether oxygens (including phenoxy) is 2. The standard InChI is InChI=1S/C25H26N6O3/c1-33-23-13-17(3-4-21(23)30-9-6-18(32)14-30)28-24-25-27-7-10-31(25)15-20(29-24)16-2-5-22-19(12-16)26-8-11-34-22/h2-5,7,10,12-13,15,18,26,32H,6,8-9,11,14H2,1H3,(H,28,29)/t18-/m0/s1. The summed E-state index contributed by atoms with van der Waals surface area (Å²) < 4.78 is 13.3. The van der Waals surface area contributed by atoms with Crippen molar-refractivity contribution in [3.05, 3.63) is 55.0 Å². The molecule has 2 aromatic heterocycles. The summed E-state index contributed by atoms with van der Waals surface area (Å²) in [6, 6.07) is 12.0. The van der Waals surface area contributed by atoms with Crippen LogP contribution in [0.3, 0.4) is 0 Å². The van der Waals surface area contributed by atoms with Crippen LogP contribution in [0.4, 0.5) is 22.9 Å². The Morgan fingerprint density at radius 3 is 3.03 bits per heavy atom. The lowest BCUT2D eigenvalue weighted by Gasteiger charge is -2.21. The monoisotopic (exact) mass is 458 g/mol. The third kappa shape index (κ3) is 3.73. The van der Waals surface area contributed by atoms with Crippen LogP contribution in [-0.4, -0.2) is 58.9 Å². The Balaban J connectivity index is 1.35. The third-order valence-electron chi connectivity index (χ3n) is 6.27. The fourth-order valence-corrected chi connectivity index (χ4v) is 4.57. The van der Waals surface area contributed by atoms with Crippen LogP contribution >= 0.6 is 0 Å². The summed E-state index contributed by atoms with van der Waals surface area (Å²) >= 11 is 0. The second-order valence-corrected chi connectivity index (χ2v) is 8.52. The number of β-amino-alcohol motifs (C(OH)–C–C–N with tert-alkyl or cyclic N) is 1. The number of methoxy groups -OCH3 is 1. The summed E-state index contributed by atoms with van der Waals surface area (Å²) in [5, 5.41) is 16.7. The van der Waals surface area contributed by atoms with Crippen molar-refractivity contribution in [1.82, 2.24) is 14.4 Å². The van der Waals surface area contributed by atoms with Gasteiger partial charge < -0.3 is 34.5 Å². The molecule has 1 atom stereocenters. The van der Waals surface area contributed by atoms with Crippen LogP contribution in [0.15, 0.2) is 55.0 Å². The minimum atomic E-state index is -0.298. The Bertz CT molecular complexity index is 1350. The van der Waals surface area contributed by atoms with E-state index in [9.17, 15) is 5.11 Å². The number of aliphatic hydroxyl groups is 1. The summed E-state index contributed by atoms with van der Waals surface area (Å²) in [5.74, 6) is 2.25. The van der Waals surface area contributed by atoms with Crippen molar-refractivity contribution >= 4 is 28.5 Å². The molecule has 0 spiro atoms. The SMILES string of the molecule is COc1cc(Nc2nc(-c3ccc4c(c3)NCCO4)cn3ccnc23)ccc1N1CC[C@H](O)C1. The van der Waals surface area contributed by atoms with E-state index in [-0.39, 0.29) is 6.10 Å². The number of imidazole rings is 1. The number of anilines is 4. The summed E-state index contributed by atoms with van der Waals surface area (Å²) in [6.45, 7) is 2.87. The molecule has 0 saturated carbocycles. The van der Waals surface area contributed by atoms with Gasteiger partial charge in [-0.15, -0.1) is 0 Å². The molecule has 174 valence electrons. The van der Waals surface area contributed by atoms with Crippen LogP contribution in [0.2, 0.25) is 0 Å². The number of hydrogen-bond acceptors (Lipinski definition) is 8. The molecule has 2 aliphatic rings. The van der Waals surface area contributed by atoms with Crippen LogP contribution in [0.5, 0.6) is 11.5 Å². The second kappa shape index (κ2) is 8.42. The minimum Gasteiger partial charge on any atom is -0.495 e. The van der Waals surface area contributed by atoms with Gasteiger partial charge >= 0.3 is 0 Å². The molecule has 9 nitrogen and oxygen atoms in total. The van der Waals surface area contributed by atoms with Crippen molar-refractivity contribution in [3.63, 3.8) is 0 Å². The second-order valence-electron chi connectivity index (χ2n) is 8.52. The largest absolute Gasteiger partial charge is 0.495 e. The molecule has 9 heteroatoms. The van der Waals surface area contributed by atoms with Crippen molar-refractivity contribution in [2.75, 3.05) is 48.9 Å². The van der Waals surface area contributed by atoms with Crippen LogP contribution in [-0.2, 0) is 0 Å². The van der Waals surface area contributed by atoms with E-state index in [2.05, 4.69) is 26.6 Å². The van der Waals surface area contributed by atoms with Crippen LogP contribution in [0.1, 0.15) is 6.42 Å². The Morgan fingerprint density at radius 1 is 1.24 bits per heavy atom. The van der Waals surface area contributed by atoms with Crippen molar-refractivity contribution in [2.45, 2.75) is 12.5 Å². The zero-order chi connectivity index (χ0) is 23.1. The number of fused-ring (bicyclic) bond motifs is 2. The highest BCUT2D eigenvalue weighted by atomic mass is 16.5. The Kier molecular flexibility index (Phi) is 5.10. The molecular formula is C25H26N6O3. The van der Waals surface area contributed by atoms with Gasteiger partial charge in [0.15, 0.2) is 11.5 Å². The molecular weight excluding hydrogens is 432 g/mol. The van der Waals surface area contributed by atoms with E-state index < -0.39 is 0 Å². The van der Waals surface area contributed by atoms with Crippen LogP contribution in [0.25, 0.3) is 16.9 Å². The molecule has 2 aromatic carbocycles. The van der Waals surface area contributed by atoms with Gasteiger partial charge in [-0.25, -0.2) is 9.97 Å². The zero-order valence-corrected chi connectivity index (χ0v) is 18.9. The number of nitrogens with zero attached hydrogens (tertiary/aromatic N) is 4. The molecule has 34 heavy (non-hydrogen) atoms. The quantitative estimate of drug-likeness (QED) is 0.418. The average Bonchev–Trinajstić information content (AvgIpc) is 3.52. The first kappa shape index (κ1) is 20.6. The molecule has 1 fully saturated rings. The van der Waals surface area contributed by atoms with E-state index in [0.717, 1.165) is 65.0 Å². The van der Waals surface area contributed by atoms with Crippen molar-refractivity contribution < 1.29 is 14.6 Å². The van der Waals surface area contributed by atoms with Gasteiger partial charge in [-0.3, -0.25) is 0 Å². The highest BCUT2D eigenvalue weighted by molar-refractivity contribution is 5.77. The van der Waals surface area contributed by atoms with Gasteiger partial charge in [0.1, 0.15) is 18.1 Å². The predicted molar refractivity (Wildman–Crippen MR) is 132 cm³/mol.